The third-order valence-electron chi connectivity index (χ3n) is 4.89. The van der Waals surface area contributed by atoms with Crippen molar-refractivity contribution in [2.75, 3.05) is 5.32 Å². The number of amides is 2. The molecule has 0 heterocycles. The van der Waals surface area contributed by atoms with Gasteiger partial charge in [0.2, 0.25) is 0 Å². The molecule has 0 aliphatic carbocycles. The smallest absolute Gasteiger partial charge is 0.317 e. The van der Waals surface area contributed by atoms with E-state index in [2.05, 4.69) is 21.9 Å². The Kier molecular flexibility index (Phi) is 5.46. The zero-order chi connectivity index (χ0) is 21.1. The number of nitrogens with zero attached hydrogens (tertiary/aromatic N) is 1. The van der Waals surface area contributed by atoms with E-state index in [1.54, 1.807) is 31.3 Å². The Morgan fingerprint density at radius 3 is 2.17 bits per heavy atom. The highest BCUT2D eigenvalue weighted by molar-refractivity contribution is 6.40. The number of rotatable bonds is 3. The molecule has 0 aliphatic heterocycles. The molecule has 0 saturated carbocycles. The first kappa shape index (κ1) is 19.6. The third-order valence-corrected chi connectivity index (χ3v) is 5.30. The Morgan fingerprint density at radius 1 is 0.867 bits per heavy atom. The lowest BCUT2D eigenvalue weighted by Gasteiger charge is -2.09. The second kappa shape index (κ2) is 8.35. The lowest BCUT2D eigenvalue weighted by molar-refractivity contribution is -0.136. The maximum atomic E-state index is 12.2. The minimum Gasteiger partial charge on any atom is -0.317 e. The average molecular weight is 416 g/mol. The quantitative estimate of drug-likeness (QED) is 0.213. The van der Waals surface area contributed by atoms with Gasteiger partial charge in [0, 0.05) is 16.3 Å². The molecule has 0 bridgehead atoms. The molecule has 5 nitrogen and oxygen atoms in total. The highest BCUT2D eigenvalue weighted by Crippen LogP contribution is 2.27. The summed E-state index contributed by atoms with van der Waals surface area (Å²) in [5, 5.41) is 11.2. The molecule has 0 spiro atoms. The van der Waals surface area contributed by atoms with E-state index in [9.17, 15) is 9.59 Å². The molecule has 4 aromatic rings. The fraction of sp³-hybridized carbons (Fsp3) is 0.0417. The van der Waals surface area contributed by atoms with Crippen LogP contribution in [0.2, 0.25) is 5.02 Å². The fourth-order valence-electron chi connectivity index (χ4n) is 3.32. The van der Waals surface area contributed by atoms with E-state index in [1.165, 1.54) is 0 Å². The highest BCUT2D eigenvalue weighted by Gasteiger charge is 2.15. The van der Waals surface area contributed by atoms with Crippen LogP contribution < -0.4 is 10.7 Å². The van der Waals surface area contributed by atoms with Gasteiger partial charge in [-0.25, -0.2) is 5.43 Å². The van der Waals surface area contributed by atoms with Crippen LogP contribution in [-0.2, 0) is 9.59 Å². The van der Waals surface area contributed by atoms with E-state index in [0.29, 0.717) is 16.3 Å². The second-order valence-electron chi connectivity index (χ2n) is 6.80. The first-order valence-corrected chi connectivity index (χ1v) is 9.72. The van der Waals surface area contributed by atoms with E-state index < -0.39 is 11.8 Å². The van der Waals surface area contributed by atoms with Crippen molar-refractivity contribution in [2.24, 2.45) is 5.10 Å². The summed E-state index contributed by atoms with van der Waals surface area (Å²) in [4.78, 5) is 24.4. The van der Waals surface area contributed by atoms with Crippen molar-refractivity contribution in [1.82, 2.24) is 5.43 Å². The number of benzene rings is 4. The molecule has 4 aromatic carbocycles. The summed E-state index contributed by atoms with van der Waals surface area (Å²) in [6, 6.07) is 23.1. The van der Waals surface area contributed by atoms with Crippen LogP contribution >= 0.6 is 11.6 Å². The van der Waals surface area contributed by atoms with Crippen molar-refractivity contribution in [1.29, 1.82) is 0 Å². The molecule has 0 aliphatic rings. The van der Waals surface area contributed by atoms with Gasteiger partial charge in [-0.05, 0) is 52.2 Å². The maximum Gasteiger partial charge on any atom is 0.329 e. The second-order valence-corrected chi connectivity index (χ2v) is 7.21. The monoisotopic (exact) mass is 415 g/mol. The number of carbonyl (C=O) groups is 2. The summed E-state index contributed by atoms with van der Waals surface area (Å²) in [5.74, 6) is -1.68. The van der Waals surface area contributed by atoms with Crippen LogP contribution in [0, 0.1) is 6.92 Å². The predicted octanol–water partition coefficient (Wildman–Crippen LogP) is 5.04. The Morgan fingerprint density at radius 2 is 1.50 bits per heavy atom. The molecule has 4 rings (SSSR count). The molecule has 2 N–H and O–H groups in total. The van der Waals surface area contributed by atoms with E-state index >= 15 is 0 Å². The Labute approximate surface area is 178 Å². The van der Waals surface area contributed by atoms with E-state index in [0.717, 1.165) is 27.1 Å². The van der Waals surface area contributed by atoms with Gasteiger partial charge in [0.05, 0.1) is 6.21 Å². The van der Waals surface area contributed by atoms with E-state index in [-0.39, 0.29) is 0 Å². The maximum absolute atomic E-state index is 12.2. The topological polar surface area (TPSA) is 70.6 Å². The minimum atomic E-state index is -0.866. The Bertz CT molecular complexity index is 1260. The van der Waals surface area contributed by atoms with Gasteiger partial charge in [-0.15, -0.1) is 0 Å². The zero-order valence-electron chi connectivity index (χ0n) is 16.1. The largest absolute Gasteiger partial charge is 0.329 e. The lowest BCUT2D eigenvalue weighted by Crippen LogP contribution is -2.32. The van der Waals surface area contributed by atoms with Crippen molar-refractivity contribution in [2.45, 2.75) is 6.92 Å². The molecule has 148 valence electrons. The Hall–Kier alpha value is -3.70. The van der Waals surface area contributed by atoms with Crippen molar-refractivity contribution in [3.8, 4) is 0 Å². The number of fused-ring (bicyclic) bond motifs is 2. The summed E-state index contributed by atoms with van der Waals surface area (Å²) in [5.41, 5.74) is 4.34. The minimum absolute atomic E-state index is 0.478. The van der Waals surface area contributed by atoms with Gasteiger partial charge in [0.25, 0.3) is 0 Å². The van der Waals surface area contributed by atoms with Crippen LogP contribution in [-0.4, -0.2) is 18.0 Å². The number of hydrogen-bond acceptors (Lipinski definition) is 3. The van der Waals surface area contributed by atoms with Gasteiger partial charge < -0.3 is 5.32 Å². The van der Waals surface area contributed by atoms with Crippen LogP contribution in [0.1, 0.15) is 11.1 Å². The SMILES string of the molecule is Cc1c(Cl)cccc1NC(=O)C(=O)N/N=C/c1c2ccccc2cc2ccccc12. The number of carbonyl (C=O) groups excluding carboxylic acids is 2. The summed E-state index contributed by atoms with van der Waals surface area (Å²) in [6.07, 6.45) is 1.57. The number of anilines is 1. The lowest BCUT2D eigenvalue weighted by atomic mass is 9.97. The standard InChI is InChI=1S/C24H18ClN3O2/c1-15-21(25)11-6-12-22(15)27-23(29)24(30)28-26-14-20-18-9-4-2-7-16(18)13-17-8-3-5-10-19(17)20/h2-14H,1H3,(H,27,29)(H,28,30)/b26-14+. The number of nitrogens with one attached hydrogen (secondary N) is 2. The number of hydrazone groups is 1. The summed E-state index contributed by atoms with van der Waals surface area (Å²) in [6.45, 7) is 1.76. The number of hydrogen-bond donors (Lipinski definition) is 2. The molecule has 0 aromatic heterocycles. The van der Waals surface area contributed by atoms with Crippen molar-refractivity contribution in [3.63, 3.8) is 0 Å². The first-order valence-electron chi connectivity index (χ1n) is 9.34. The molecule has 0 radical (unpaired) electrons. The molecule has 0 atom stereocenters. The first-order chi connectivity index (χ1) is 14.5. The summed E-state index contributed by atoms with van der Waals surface area (Å²) < 4.78 is 0. The van der Waals surface area contributed by atoms with Crippen LogP contribution in [0.15, 0.2) is 77.9 Å². The van der Waals surface area contributed by atoms with Gasteiger partial charge in [-0.2, -0.15) is 5.10 Å². The number of halogens is 1. The fourth-order valence-corrected chi connectivity index (χ4v) is 3.49. The molecular weight excluding hydrogens is 398 g/mol. The van der Waals surface area contributed by atoms with Crippen LogP contribution in [0.5, 0.6) is 0 Å². The van der Waals surface area contributed by atoms with Gasteiger partial charge in [-0.3, -0.25) is 9.59 Å². The molecule has 0 unspecified atom stereocenters. The van der Waals surface area contributed by atoms with Crippen LogP contribution in [0.3, 0.4) is 0 Å². The van der Waals surface area contributed by atoms with Gasteiger partial charge in [0.1, 0.15) is 0 Å². The van der Waals surface area contributed by atoms with Crippen molar-refractivity contribution < 1.29 is 9.59 Å². The summed E-state index contributed by atoms with van der Waals surface area (Å²) >= 11 is 6.05. The highest BCUT2D eigenvalue weighted by atomic mass is 35.5. The van der Waals surface area contributed by atoms with Crippen LogP contribution in [0.4, 0.5) is 5.69 Å². The molecule has 30 heavy (non-hydrogen) atoms. The van der Waals surface area contributed by atoms with Gasteiger partial charge >= 0.3 is 11.8 Å². The van der Waals surface area contributed by atoms with Gasteiger partial charge in [0.15, 0.2) is 0 Å². The summed E-state index contributed by atoms with van der Waals surface area (Å²) in [7, 11) is 0. The average Bonchev–Trinajstić information content (AvgIpc) is 2.76. The van der Waals surface area contributed by atoms with Gasteiger partial charge in [-0.1, -0.05) is 66.2 Å². The van der Waals surface area contributed by atoms with E-state index in [4.69, 9.17) is 11.6 Å². The molecule has 6 heteroatoms. The molecule has 2 amide bonds. The van der Waals surface area contributed by atoms with Crippen molar-refractivity contribution >= 4 is 56.9 Å². The van der Waals surface area contributed by atoms with Crippen molar-refractivity contribution in [3.05, 3.63) is 88.9 Å². The van der Waals surface area contributed by atoms with E-state index in [1.807, 2.05) is 48.5 Å². The normalized spacial score (nSPS) is 11.1. The molecular formula is C24H18ClN3O2. The molecule has 0 saturated heterocycles. The third kappa shape index (κ3) is 3.88. The Balaban J connectivity index is 1.56. The predicted molar refractivity (Wildman–Crippen MR) is 122 cm³/mol. The molecule has 0 fully saturated rings. The van der Waals surface area contributed by atoms with Crippen LogP contribution in [0.25, 0.3) is 21.5 Å². The zero-order valence-corrected chi connectivity index (χ0v) is 16.9.